The average Bonchev–Trinajstić information content (AvgIpc) is 3.26. The van der Waals surface area contributed by atoms with Crippen LogP contribution in [0, 0.1) is 0 Å². The SMILES string of the molecule is C=CC(=O)N[C@H]1COC[C@H]1Nc1ncc2cc(-c3c(Cl)c(OC)cc(OC)c3Cl)nc(Cl)c2n1. The summed E-state index contributed by atoms with van der Waals surface area (Å²) in [7, 11) is 2.98. The Labute approximate surface area is 210 Å². The Kier molecular flexibility index (Phi) is 7.27. The number of nitrogens with zero attached hydrogens (tertiary/aromatic N) is 3. The predicted molar refractivity (Wildman–Crippen MR) is 131 cm³/mol. The van der Waals surface area contributed by atoms with Crippen molar-refractivity contribution in [2.24, 2.45) is 0 Å². The number of benzene rings is 1. The molecule has 1 saturated heterocycles. The van der Waals surface area contributed by atoms with Crippen molar-refractivity contribution in [1.82, 2.24) is 20.3 Å². The number of anilines is 1. The van der Waals surface area contributed by atoms with Crippen LogP contribution in [-0.2, 0) is 9.53 Å². The first-order chi connectivity index (χ1) is 16.4. The highest BCUT2D eigenvalue weighted by Crippen LogP contribution is 2.46. The fraction of sp³-hybridized carbons (Fsp3) is 0.273. The molecule has 0 radical (unpaired) electrons. The molecule has 0 aliphatic carbocycles. The lowest BCUT2D eigenvalue weighted by molar-refractivity contribution is -0.117. The van der Waals surface area contributed by atoms with Crippen molar-refractivity contribution in [2.75, 3.05) is 32.8 Å². The summed E-state index contributed by atoms with van der Waals surface area (Å²) in [5, 5.41) is 7.28. The molecule has 34 heavy (non-hydrogen) atoms. The van der Waals surface area contributed by atoms with E-state index in [0.717, 1.165) is 0 Å². The lowest BCUT2D eigenvalue weighted by Crippen LogP contribution is -2.45. The second-order valence-corrected chi connectivity index (χ2v) is 8.44. The molecule has 1 aliphatic rings. The maximum absolute atomic E-state index is 11.7. The van der Waals surface area contributed by atoms with Gasteiger partial charge in [0.25, 0.3) is 0 Å². The van der Waals surface area contributed by atoms with E-state index in [4.69, 9.17) is 49.0 Å². The van der Waals surface area contributed by atoms with Gasteiger partial charge in [0.1, 0.15) is 17.0 Å². The second kappa shape index (κ2) is 10.2. The molecule has 1 aliphatic heterocycles. The van der Waals surface area contributed by atoms with Crippen LogP contribution in [-0.4, -0.2) is 60.4 Å². The normalized spacial score (nSPS) is 17.4. The third-order valence-electron chi connectivity index (χ3n) is 5.26. The largest absolute Gasteiger partial charge is 0.495 e. The molecular formula is C22H20Cl3N5O4. The molecule has 3 heterocycles. The summed E-state index contributed by atoms with van der Waals surface area (Å²) < 4.78 is 16.1. The quantitative estimate of drug-likeness (QED) is 0.351. The highest BCUT2D eigenvalue weighted by Gasteiger charge is 2.30. The van der Waals surface area contributed by atoms with Gasteiger partial charge in [0.05, 0.1) is 55.3 Å². The van der Waals surface area contributed by atoms with Crippen LogP contribution in [0.25, 0.3) is 22.2 Å². The van der Waals surface area contributed by atoms with Crippen molar-refractivity contribution in [2.45, 2.75) is 12.1 Å². The number of aromatic nitrogens is 3. The summed E-state index contributed by atoms with van der Waals surface area (Å²) in [5.41, 5.74) is 1.25. The fourth-order valence-electron chi connectivity index (χ4n) is 3.55. The number of hydrogen-bond donors (Lipinski definition) is 2. The maximum atomic E-state index is 11.7. The van der Waals surface area contributed by atoms with E-state index >= 15 is 0 Å². The van der Waals surface area contributed by atoms with Gasteiger partial charge in [-0.1, -0.05) is 41.4 Å². The van der Waals surface area contributed by atoms with Gasteiger partial charge in [0, 0.05) is 23.2 Å². The van der Waals surface area contributed by atoms with Gasteiger partial charge in [-0.3, -0.25) is 4.79 Å². The Morgan fingerprint density at radius 3 is 2.44 bits per heavy atom. The topological polar surface area (TPSA) is 107 Å². The summed E-state index contributed by atoms with van der Waals surface area (Å²) in [6.07, 6.45) is 2.81. The van der Waals surface area contributed by atoms with E-state index in [0.29, 0.717) is 52.8 Å². The summed E-state index contributed by atoms with van der Waals surface area (Å²) in [4.78, 5) is 25.0. The van der Waals surface area contributed by atoms with Crippen molar-refractivity contribution in [3.8, 4) is 22.8 Å². The van der Waals surface area contributed by atoms with Crippen molar-refractivity contribution < 1.29 is 19.0 Å². The lowest BCUT2D eigenvalue weighted by Gasteiger charge is -2.19. The number of ether oxygens (including phenoxy) is 3. The summed E-state index contributed by atoms with van der Waals surface area (Å²) in [6.45, 7) is 4.21. The molecule has 2 N–H and O–H groups in total. The number of rotatable bonds is 7. The predicted octanol–water partition coefficient (Wildman–Crippen LogP) is 4.15. The van der Waals surface area contributed by atoms with Gasteiger partial charge >= 0.3 is 0 Å². The number of carbonyl (C=O) groups is 1. The molecule has 0 unspecified atom stereocenters. The smallest absolute Gasteiger partial charge is 0.243 e. The Balaban J connectivity index is 1.69. The van der Waals surface area contributed by atoms with E-state index < -0.39 is 0 Å². The summed E-state index contributed by atoms with van der Waals surface area (Å²) in [6, 6.07) is 2.83. The van der Waals surface area contributed by atoms with E-state index in [1.165, 1.54) is 20.3 Å². The molecule has 1 amide bonds. The third kappa shape index (κ3) is 4.69. The van der Waals surface area contributed by atoms with Crippen molar-refractivity contribution in [3.05, 3.63) is 46.2 Å². The number of carbonyl (C=O) groups excluding carboxylic acids is 1. The maximum Gasteiger partial charge on any atom is 0.243 e. The van der Waals surface area contributed by atoms with Crippen LogP contribution in [0.1, 0.15) is 0 Å². The van der Waals surface area contributed by atoms with Gasteiger partial charge in [-0.15, -0.1) is 0 Å². The molecule has 0 saturated carbocycles. The molecule has 1 fully saturated rings. The number of halogens is 3. The highest BCUT2D eigenvalue weighted by molar-refractivity contribution is 6.41. The molecule has 4 rings (SSSR count). The Morgan fingerprint density at radius 1 is 1.12 bits per heavy atom. The molecule has 0 bridgehead atoms. The van der Waals surface area contributed by atoms with Crippen LogP contribution in [0.15, 0.2) is 31.0 Å². The van der Waals surface area contributed by atoms with Gasteiger partial charge in [-0.25, -0.2) is 15.0 Å². The summed E-state index contributed by atoms with van der Waals surface area (Å²) >= 11 is 19.5. The summed E-state index contributed by atoms with van der Waals surface area (Å²) in [5.74, 6) is 0.789. The molecular weight excluding hydrogens is 505 g/mol. The third-order valence-corrected chi connectivity index (χ3v) is 6.28. The van der Waals surface area contributed by atoms with Gasteiger partial charge in [-0.2, -0.15) is 0 Å². The van der Waals surface area contributed by atoms with Crippen LogP contribution in [0.4, 0.5) is 5.95 Å². The molecule has 1 aromatic carbocycles. The van der Waals surface area contributed by atoms with E-state index in [1.54, 1.807) is 18.3 Å². The standard InChI is InChI=1S/C22H20Cl3N5O4/c1-4-16(31)27-12-8-34-9-13(12)29-22-26-7-10-5-11(28-21(25)20(10)30-22)17-18(23)14(32-2)6-15(33-3)19(17)24/h4-7,12-13H,1,8-9H2,2-3H3,(H,27,31)(H,26,29,30)/t12-,13+/m0/s1. The van der Waals surface area contributed by atoms with Crippen molar-refractivity contribution in [3.63, 3.8) is 0 Å². The molecule has 178 valence electrons. The van der Waals surface area contributed by atoms with Gasteiger partial charge < -0.3 is 24.8 Å². The van der Waals surface area contributed by atoms with Crippen LogP contribution in [0.5, 0.6) is 11.5 Å². The number of pyridine rings is 1. The van der Waals surface area contributed by atoms with Crippen LogP contribution in [0.3, 0.4) is 0 Å². The van der Waals surface area contributed by atoms with Crippen LogP contribution in [0.2, 0.25) is 15.2 Å². The second-order valence-electron chi connectivity index (χ2n) is 7.32. The number of amides is 1. The van der Waals surface area contributed by atoms with Crippen molar-refractivity contribution >= 4 is 57.6 Å². The monoisotopic (exact) mass is 523 g/mol. The van der Waals surface area contributed by atoms with Crippen LogP contribution >= 0.6 is 34.8 Å². The number of fused-ring (bicyclic) bond motifs is 1. The zero-order valence-corrected chi connectivity index (χ0v) is 20.5. The number of hydrogen-bond acceptors (Lipinski definition) is 8. The highest BCUT2D eigenvalue weighted by atomic mass is 35.5. The first-order valence-electron chi connectivity index (χ1n) is 10.1. The zero-order chi connectivity index (χ0) is 24.4. The molecule has 3 aromatic rings. The average molecular weight is 525 g/mol. The first kappa shape index (κ1) is 24.3. The van der Waals surface area contributed by atoms with Crippen molar-refractivity contribution in [1.29, 1.82) is 0 Å². The van der Waals surface area contributed by atoms with Crippen LogP contribution < -0.4 is 20.1 Å². The molecule has 2 aromatic heterocycles. The van der Waals surface area contributed by atoms with E-state index in [1.807, 2.05) is 0 Å². The number of nitrogens with one attached hydrogen (secondary N) is 2. The minimum absolute atomic E-state index is 0.131. The Bertz CT molecular complexity index is 1250. The Hall–Kier alpha value is -2.85. The lowest BCUT2D eigenvalue weighted by atomic mass is 10.1. The fourth-order valence-corrected chi connectivity index (χ4v) is 4.49. The van der Waals surface area contributed by atoms with Gasteiger partial charge in [0.2, 0.25) is 11.9 Å². The zero-order valence-electron chi connectivity index (χ0n) is 18.2. The van der Waals surface area contributed by atoms with Gasteiger partial charge in [-0.05, 0) is 12.1 Å². The Morgan fingerprint density at radius 2 is 1.79 bits per heavy atom. The minimum Gasteiger partial charge on any atom is -0.495 e. The first-order valence-corrected chi connectivity index (χ1v) is 11.2. The van der Waals surface area contributed by atoms with Gasteiger partial charge in [0.15, 0.2) is 5.15 Å². The molecule has 0 spiro atoms. The van der Waals surface area contributed by atoms with E-state index in [9.17, 15) is 4.79 Å². The van der Waals surface area contributed by atoms with E-state index in [2.05, 4.69) is 32.2 Å². The molecule has 12 heteroatoms. The molecule has 9 nitrogen and oxygen atoms in total. The molecule has 2 atom stereocenters. The minimum atomic E-state index is -0.284. The van der Waals surface area contributed by atoms with E-state index in [-0.39, 0.29) is 33.2 Å². The number of methoxy groups -OCH3 is 2.